The van der Waals surface area contributed by atoms with E-state index in [9.17, 15) is 9.59 Å². The summed E-state index contributed by atoms with van der Waals surface area (Å²) in [6, 6.07) is 11.9. The Labute approximate surface area is 215 Å². The summed E-state index contributed by atoms with van der Waals surface area (Å²) in [5.74, 6) is 0.415. The Morgan fingerprint density at radius 1 is 1.09 bits per heavy atom. The van der Waals surface area contributed by atoms with Gasteiger partial charge in [0.1, 0.15) is 0 Å². The fourth-order valence-corrected chi connectivity index (χ4v) is 4.98. The van der Waals surface area contributed by atoms with E-state index < -0.39 is 0 Å². The van der Waals surface area contributed by atoms with E-state index in [1.165, 1.54) is 6.42 Å². The normalized spacial score (nSPS) is 14.3. The van der Waals surface area contributed by atoms with Crippen LogP contribution in [-0.2, 0) is 27.4 Å². The zero-order chi connectivity index (χ0) is 25.2. The van der Waals surface area contributed by atoms with E-state index in [-0.39, 0.29) is 24.3 Å². The lowest BCUT2D eigenvalue weighted by Crippen LogP contribution is -2.47. The molecule has 0 bridgehead atoms. The predicted molar refractivity (Wildman–Crippen MR) is 140 cm³/mol. The molecule has 1 aromatic carbocycles. The number of ether oxygens (including phenoxy) is 1. The number of hydrogen-bond donors (Lipinski definition) is 0. The molecule has 0 saturated heterocycles. The first kappa shape index (κ1) is 27.3. The summed E-state index contributed by atoms with van der Waals surface area (Å²) in [5.41, 5.74) is 2.08. The van der Waals surface area contributed by atoms with Crippen LogP contribution in [-0.4, -0.2) is 59.5 Å². The number of rotatable bonds is 12. The minimum Gasteiger partial charge on any atom is -0.383 e. The third kappa shape index (κ3) is 8.11. The van der Waals surface area contributed by atoms with Crippen LogP contribution in [0.25, 0.3) is 0 Å². The molecule has 192 valence electrons. The van der Waals surface area contributed by atoms with Crippen LogP contribution in [0.1, 0.15) is 57.2 Å². The summed E-state index contributed by atoms with van der Waals surface area (Å²) in [6.45, 7) is 6.95. The molecule has 0 radical (unpaired) electrons. The second kappa shape index (κ2) is 13.7. The molecule has 3 rings (SSSR count). The van der Waals surface area contributed by atoms with Gasteiger partial charge >= 0.3 is 0 Å². The van der Waals surface area contributed by atoms with Crippen molar-refractivity contribution in [1.29, 1.82) is 0 Å². The number of carbonyl (C=O) groups is 2. The van der Waals surface area contributed by atoms with Gasteiger partial charge in [-0.2, -0.15) is 0 Å². The fourth-order valence-electron chi connectivity index (χ4n) is 4.79. The van der Waals surface area contributed by atoms with Gasteiger partial charge in [0.05, 0.1) is 19.7 Å². The van der Waals surface area contributed by atoms with Crippen LogP contribution >= 0.6 is 11.6 Å². The van der Waals surface area contributed by atoms with Crippen molar-refractivity contribution in [1.82, 2.24) is 14.4 Å². The van der Waals surface area contributed by atoms with Crippen molar-refractivity contribution in [2.24, 2.45) is 11.8 Å². The predicted octanol–water partition coefficient (Wildman–Crippen LogP) is 5.23. The molecule has 1 heterocycles. The van der Waals surface area contributed by atoms with E-state index in [4.69, 9.17) is 16.3 Å². The number of amides is 2. The summed E-state index contributed by atoms with van der Waals surface area (Å²) in [7, 11) is 1.63. The Kier molecular flexibility index (Phi) is 10.7. The monoisotopic (exact) mass is 501 g/mol. The minimum absolute atomic E-state index is 0.0237. The third-order valence-electron chi connectivity index (χ3n) is 6.67. The maximum atomic E-state index is 13.6. The zero-order valence-corrected chi connectivity index (χ0v) is 22.2. The topological polar surface area (TPSA) is 54.8 Å². The van der Waals surface area contributed by atoms with Gasteiger partial charge < -0.3 is 19.1 Å². The number of hydrogen-bond acceptors (Lipinski definition) is 3. The summed E-state index contributed by atoms with van der Waals surface area (Å²) in [6.07, 6.45) is 7.23. The van der Waals surface area contributed by atoms with E-state index in [2.05, 4.69) is 18.4 Å². The Morgan fingerprint density at radius 2 is 1.83 bits per heavy atom. The van der Waals surface area contributed by atoms with Crippen molar-refractivity contribution in [2.75, 3.05) is 33.4 Å². The smallest absolute Gasteiger partial charge is 0.242 e. The van der Waals surface area contributed by atoms with Gasteiger partial charge in [-0.1, -0.05) is 62.9 Å². The molecule has 2 aromatic rings. The van der Waals surface area contributed by atoms with E-state index >= 15 is 0 Å². The second-order valence-corrected chi connectivity index (χ2v) is 10.4. The number of methoxy groups -OCH3 is 1. The number of halogens is 1. The van der Waals surface area contributed by atoms with Gasteiger partial charge in [-0.05, 0) is 42.5 Å². The first-order valence-corrected chi connectivity index (χ1v) is 13.2. The van der Waals surface area contributed by atoms with E-state index in [0.717, 1.165) is 42.0 Å². The van der Waals surface area contributed by atoms with Crippen molar-refractivity contribution in [3.63, 3.8) is 0 Å². The number of nitrogens with zero attached hydrogens (tertiary/aromatic N) is 3. The molecule has 0 N–H and O–H groups in total. The van der Waals surface area contributed by atoms with Crippen LogP contribution in [0, 0.1) is 11.8 Å². The van der Waals surface area contributed by atoms with E-state index in [1.54, 1.807) is 12.0 Å². The SMILES string of the molecule is COCCN(CC(=O)N(Cc1cccn1Cc1ccccc1Cl)CC(C)C)C(=O)C1CCCCC1. The maximum Gasteiger partial charge on any atom is 0.242 e. The molecule has 2 amide bonds. The van der Waals surface area contributed by atoms with Gasteiger partial charge in [0.25, 0.3) is 0 Å². The van der Waals surface area contributed by atoms with Gasteiger partial charge in [0.2, 0.25) is 11.8 Å². The lowest BCUT2D eigenvalue weighted by molar-refractivity contribution is -0.144. The molecule has 7 heteroatoms. The Morgan fingerprint density at radius 3 is 2.51 bits per heavy atom. The Balaban J connectivity index is 1.73. The van der Waals surface area contributed by atoms with Gasteiger partial charge in [0, 0.05) is 49.6 Å². The molecule has 1 aliphatic rings. The summed E-state index contributed by atoms with van der Waals surface area (Å²) >= 11 is 6.39. The summed E-state index contributed by atoms with van der Waals surface area (Å²) in [4.78, 5) is 30.4. The van der Waals surface area contributed by atoms with Crippen LogP contribution in [0.2, 0.25) is 5.02 Å². The van der Waals surface area contributed by atoms with Crippen molar-refractivity contribution in [3.05, 3.63) is 58.9 Å². The van der Waals surface area contributed by atoms with Gasteiger partial charge in [-0.3, -0.25) is 9.59 Å². The number of benzene rings is 1. The quantitative estimate of drug-likeness (QED) is 0.400. The standard InChI is InChI=1S/C28H40ClN3O3/c1-22(2)18-32(20-25-13-9-15-30(25)19-24-12-7-8-14-26(24)29)27(33)21-31(16-17-35-3)28(34)23-10-5-4-6-11-23/h7-9,12-15,22-23H,4-6,10-11,16-21H2,1-3H3. The lowest BCUT2D eigenvalue weighted by atomic mass is 9.88. The molecule has 1 saturated carbocycles. The molecule has 35 heavy (non-hydrogen) atoms. The molecule has 0 spiro atoms. The average Bonchev–Trinajstić information content (AvgIpc) is 3.29. The fraction of sp³-hybridized carbons (Fsp3) is 0.571. The highest BCUT2D eigenvalue weighted by Crippen LogP contribution is 2.25. The first-order chi connectivity index (χ1) is 16.9. The summed E-state index contributed by atoms with van der Waals surface area (Å²) < 4.78 is 7.39. The highest BCUT2D eigenvalue weighted by atomic mass is 35.5. The van der Waals surface area contributed by atoms with E-state index in [0.29, 0.717) is 38.7 Å². The van der Waals surface area contributed by atoms with Crippen molar-refractivity contribution in [2.45, 2.75) is 59.0 Å². The molecule has 1 aliphatic carbocycles. The molecule has 0 aliphatic heterocycles. The largest absolute Gasteiger partial charge is 0.383 e. The number of carbonyl (C=O) groups excluding carboxylic acids is 2. The second-order valence-electron chi connectivity index (χ2n) is 9.97. The van der Waals surface area contributed by atoms with Gasteiger partial charge in [-0.25, -0.2) is 0 Å². The minimum atomic E-state index is -0.0237. The Bertz CT molecular complexity index is 952. The Hall–Kier alpha value is -2.31. The molecule has 6 nitrogen and oxygen atoms in total. The summed E-state index contributed by atoms with van der Waals surface area (Å²) in [5, 5.41) is 0.734. The van der Waals surface area contributed by atoms with Crippen LogP contribution in [0.4, 0.5) is 0 Å². The molecule has 0 unspecified atom stereocenters. The molecule has 1 aromatic heterocycles. The zero-order valence-electron chi connectivity index (χ0n) is 21.4. The highest BCUT2D eigenvalue weighted by Gasteiger charge is 2.29. The molecular formula is C28H40ClN3O3. The van der Waals surface area contributed by atoms with Gasteiger partial charge in [-0.15, -0.1) is 0 Å². The van der Waals surface area contributed by atoms with Crippen LogP contribution in [0.15, 0.2) is 42.6 Å². The van der Waals surface area contributed by atoms with Crippen LogP contribution in [0.3, 0.4) is 0 Å². The van der Waals surface area contributed by atoms with Crippen molar-refractivity contribution in [3.8, 4) is 0 Å². The average molecular weight is 502 g/mol. The highest BCUT2D eigenvalue weighted by molar-refractivity contribution is 6.31. The molecule has 1 fully saturated rings. The number of aromatic nitrogens is 1. The van der Waals surface area contributed by atoms with E-state index in [1.807, 2.05) is 47.5 Å². The third-order valence-corrected chi connectivity index (χ3v) is 7.04. The maximum absolute atomic E-state index is 13.6. The van der Waals surface area contributed by atoms with Crippen LogP contribution in [0.5, 0.6) is 0 Å². The van der Waals surface area contributed by atoms with Crippen LogP contribution < -0.4 is 0 Å². The van der Waals surface area contributed by atoms with Crippen molar-refractivity contribution < 1.29 is 14.3 Å². The van der Waals surface area contributed by atoms with Gasteiger partial charge in [0.15, 0.2) is 0 Å². The van der Waals surface area contributed by atoms with Crippen molar-refractivity contribution >= 4 is 23.4 Å². The molecule has 0 atom stereocenters. The first-order valence-electron chi connectivity index (χ1n) is 12.8. The molecular weight excluding hydrogens is 462 g/mol. The lowest BCUT2D eigenvalue weighted by Gasteiger charge is -2.32.